The van der Waals surface area contributed by atoms with Crippen molar-refractivity contribution in [3.63, 3.8) is 0 Å². The number of amides is 1. The molecule has 3 rings (SSSR count). The molecule has 0 fully saturated rings. The minimum Gasteiger partial charge on any atom is -0.351 e. The Bertz CT molecular complexity index is 1000. The fourth-order valence-corrected chi connectivity index (χ4v) is 3.52. The van der Waals surface area contributed by atoms with E-state index in [2.05, 4.69) is 26.9 Å². The molecule has 0 atom stereocenters. The van der Waals surface area contributed by atoms with Crippen molar-refractivity contribution in [2.75, 3.05) is 6.54 Å². The van der Waals surface area contributed by atoms with Gasteiger partial charge in [-0.1, -0.05) is 37.1 Å². The first-order valence-corrected chi connectivity index (χ1v) is 9.99. The maximum atomic E-state index is 12.2. The van der Waals surface area contributed by atoms with Gasteiger partial charge in [0.25, 0.3) is 0 Å². The Balaban J connectivity index is 1.59. The smallest absolute Gasteiger partial charge is 0.244 e. The number of carbonyl (C=O) groups excluding carboxylic acids is 1. The number of aromatic nitrogens is 4. The van der Waals surface area contributed by atoms with Crippen LogP contribution in [0.15, 0.2) is 30.3 Å². The Labute approximate surface area is 170 Å². The van der Waals surface area contributed by atoms with Crippen molar-refractivity contribution >= 4 is 34.6 Å². The van der Waals surface area contributed by atoms with E-state index in [0.29, 0.717) is 18.2 Å². The van der Waals surface area contributed by atoms with E-state index in [1.807, 2.05) is 38.1 Å². The zero-order chi connectivity index (χ0) is 20.1. The Morgan fingerprint density at radius 2 is 2.04 bits per heavy atom. The predicted molar refractivity (Wildman–Crippen MR) is 113 cm³/mol. The molecule has 0 saturated heterocycles. The monoisotopic (exact) mass is 399 g/mol. The largest absolute Gasteiger partial charge is 0.351 e. The first-order chi connectivity index (χ1) is 13.5. The molecule has 2 aromatic heterocycles. The minimum atomic E-state index is -0.154. The summed E-state index contributed by atoms with van der Waals surface area (Å²) >= 11 is 6.40. The van der Waals surface area contributed by atoms with Gasteiger partial charge in [0.1, 0.15) is 11.0 Å². The summed E-state index contributed by atoms with van der Waals surface area (Å²) < 4.78 is 3.91. The molecule has 0 aliphatic carbocycles. The highest BCUT2D eigenvalue weighted by atomic mass is 35.5. The molecule has 0 bridgehead atoms. The molecule has 1 N–H and O–H groups in total. The van der Waals surface area contributed by atoms with E-state index in [0.717, 1.165) is 47.5 Å². The Morgan fingerprint density at radius 1 is 1.25 bits per heavy atom. The van der Waals surface area contributed by atoms with Crippen LogP contribution in [0.2, 0.25) is 5.15 Å². The van der Waals surface area contributed by atoms with Gasteiger partial charge in [-0.2, -0.15) is 5.10 Å². The number of fused-ring (bicyclic) bond motifs is 1. The molecule has 0 aliphatic rings. The van der Waals surface area contributed by atoms with Crippen LogP contribution in [-0.4, -0.2) is 31.8 Å². The summed E-state index contributed by atoms with van der Waals surface area (Å²) in [5.74, 6) is 0.784. The lowest BCUT2D eigenvalue weighted by molar-refractivity contribution is -0.116. The number of hydrogen-bond acceptors (Lipinski definition) is 3. The van der Waals surface area contributed by atoms with E-state index in [1.54, 1.807) is 10.8 Å². The van der Waals surface area contributed by atoms with Crippen LogP contribution in [0.1, 0.15) is 36.8 Å². The van der Waals surface area contributed by atoms with Crippen molar-refractivity contribution in [1.29, 1.82) is 0 Å². The zero-order valence-electron chi connectivity index (χ0n) is 16.6. The molecule has 1 amide bonds. The second-order valence-electron chi connectivity index (χ2n) is 6.79. The molecule has 2 heterocycles. The van der Waals surface area contributed by atoms with E-state index in [4.69, 9.17) is 11.6 Å². The Hall–Kier alpha value is -2.60. The van der Waals surface area contributed by atoms with Gasteiger partial charge < -0.3 is 9.88 Å². The molecule has 0 unspecified atom stereocenters. The van der Waals surface area contributed by atoms with Crippen LogP contribution in [0.3, 0.4) is 0 Å². The van der Waals surface area contributed by atoms with Crippen molar-refractivity contribution < 1.29 is 4.79 Å². The molecular formula is C21H26ClN5O. The van der Waals surface area contributed by atoms with E-state index < -0.39 is 0 Å². The number of benzene rings is 1. The van der Waals surface area contributed by atoms with Crippen molar-refractivity contribution in [1.82, 2.24) is 24.6 Å². The van der Waals surface area contributed by atoms with Crippen LogP contribution in [-0.2, 0) is 17.9 Å². The number of aryl methyl sites for hydroxylation is 3. The summed E-state index contributed by atoms with van der Waals surface area (Å²) in [4.78, 5) is 16.7. The molecule has 28 heavy (non-hydrogen) atoms. The average Bonchev–Trinajstić information content (AvgIpc) is 3.14. The normalized spacial score (nSPS) is 11.6. The quantitative estimate of drug-likeness (QED) is 0.579. The molecule has 0 radical (unpaired) electrons. The number of unbranched alkanes of at least 4 members (excludes halogenated alkanes) is 1. The number of nitrogens with one attached hydrogen (secondary N) is 1. The highest BCUT2D eigenvalue weighted by Gasteiger charge is 2.11. The first-order valence-electron chi connectivity index (χ1n) is 9.62. The summed E-state index contributed by atoms with van der Waals surface area (Å²) in [6, 6.07) is 8.00. The fourth-order valence-electron chi connectivity index (χ4n) is 3.20. The van der Waals surface area contributed by atoms with Gasteiger partial charge in [-0.05, 0) is 38.5 Å². The van der Waals surface area contributed by atoms with Crippen molar-refractivity contribution in [3.8, 4) is 0 Å². The van der Waals surface area contributed by atoms with Crippen molar-refractivity contribution in [2.24, 2.45) is 0 Å². The minimum absolute atomic E-state index is 0.154. The molecule has 0 aliphatic heterocycles. The number of halogens is 1. The lowest BCUT2D eigenvalue weighted by Crippen LogP contribution is -2.25. The number of nitrogens with zero attached hydrogens (tertiary/aromatic N) is 4. The zero-order valence-corrected chi connectivity index (χ0v) is 17.3. The topological polar surface area (TPSA) is 64.7 Å². The van der Waals surface area contributed by atoms with E-state index in [-0.39, 0.29) is 5.91 Å². The number of imidazole rings is 1. The number of hydrogen-bond donors (Lipinski definition) is 1. The highest BCUT2D eigenvalue weighted by molar-refractivity contribution is 6.31. The Morgan fingerprint density at radius 3 is 2.82 bits per heavy atom. The van der Waals surface area contributed by atoms with Crippen LogP contribution in [0.4, 0.5) is 0 Å². The highest BCUT2D eigenvalue weighted by Crippen LogP contribution is 2.21. The van der Waals surface area contributed by atoms with Gasteiger partial charge in [-0.3, -0.25) is 9.48 Å². The molecule has 0 saturated carbocycles. The second-order valence-corrected chi connectivity index (χ2v) is 7.15. The van der Waals surface area contributed by atoms with Gasteiger partial charge >= 0.3 is 0 Å². The summed E-state index contributed by atoms with van der Waals surface area (Å²) in [7, 11) is 0. The van der Waals surface area contributed by atoms with Crippen molar-refractivity contribution in [3.05, 3.63) is 52.6 Å². The van der Waals surface area contributed by atoms with Gasteiger partial charge in [0.15, 0.2) is 0 Å². The van der Waals surface area contributed by atoms with Gasteiger partial charge in [0.05, 0.1) is 16.7 Å². The molecule has 1 aromatic carbocycles. The first kappa shape index (κ1) is 20.1. The second kappa shape index (κ2) is 9.06. The maximum Gasteiger partial charge on any atom is 0.244 e. The van der Waals surface area contributed by atoms with Crippen LogP contribution < -0.4 is 5.32 Å². The average molecular weight is 400 g/mol. The lowest BCUT2D eigenvalue weighted by Gasteiger charge is -2.07. The van der Waals surface area contributed by atoms with Gasteiger partial charge in [-0.15, -0.1) is 0 Å². The van der Waals surface area contributed by atoms with Gasteiger partial charge in [-0.25, -0.2) is 4.98 Å². The molecular weight excluding hydrogens is 374 g/mol. The standard InChI is InChI=1S/C21H26ClN5O/c1-4-5-13-27-21(22)17(15(2)25-27)10-11-20(28)23-12-14-26-16(3)24-18-8-6-7-9-19(18)26/h6-11H,4-5,12-14H2,1-3H3,(H,23,28)/b11-10+. The van der Waals surface area contributed by atoms with Crippen molar-refractivity contribution in [2.45, 2.75) is 46.7 Å². The third kappa shape index (κ3) is 4.44. The number of carbonyl (C=O) groups is 1. The van der Waals surface area contributed by atoms with Crippen LogP contribution >= 0.6 is 11.6 Å². The van der Waals surface area contributed by atoms with Crippen LogP contribution in [0.5, 0.6) is 0 Å². The van der Waals surface area contributed by atoms with Crippen LogP contribution in [0.25, 0.3) is 17.1 Å². The van der Waals surface area contributed by atoms with Crippen LogP contribution in [0, 0.1) is 13.8 Å². The Kier molecular flexibility index (Phi) is 6.52. The lowest BCUT2D eigenvalue weighted by atomic mass is 10.2. The van der Waals surface area contributed by atoms with E-state index >= 15 is 0 Å². The molecule has 7 heteroatoms. The predicted octanol–water partition coefficient (Wildman–Crippen LogP) is 4.13. The number of para-hydroxylation sites is 2. The summed E-state index contributed by atoms with van der Waals surface area (Å²) in [6.45, 7) is 7.98. The third-order valence-corrected chi connectivity index (χ3v) is 5.11. The molecule has 3 aromatic rings. The maximum absolute atomic E-state index is 12.2. The SMILES string of the molecule is CCCCn1nc(C)c(/C=C/C(=O)NCCn2c(C)nc3ccccc32)c1Cl. The summed E-state index contributed by atoms with van der Waals surface area (Å²) in [6.07, 6.45) is 5.35. The summed E-state index contributed by atoms with van der Waals surface area (Å²) in [5, 5.41) is 7.95. The molecule has 6 nitrogen and oxygen atoms in total. The van der Waals surface area contributed by atoms with Gasteiger partial charge in [0.2, 0.25) is 5.91 Å². The molecule has 148 valence electrons. The van der Waals surface area contributed by atoms with E-state index in [1.165, 1.54) is 6.08 Å². The fraction of sp³-hybridized carbons (Fsp3) is 0.381. The van der Waals surface area contributed by atoms with Gasteiger partial charge in [0, 0.05) is 31.3 Å². The van der Waals surface area contributed by atoms with E-state index in [9.17, 15) is 4.79 Å². The third-order valence-electron chi connectivity index (χ3n) is 4.71. The molecule has 0 spiro atoms. The number of rotatable bonds is 8. The summed E-state index contributed by atoms with van der Waals surface area (Å²) in [5.41, 5.74) is 3.66.